The molecule has 0 aliphatic carbocycles. The molecule has 7 heteroatoms. The summed E-state index contributed by atoms with van der Waals surface area (Å²) in [7, 11) is -0.341. The average Bonchev–Trinajstić information content (AvgIpc) is 2.79. The van der Waals surface area contributed by atoms with Crippen LogP contribution in [0, 0.1) is 0 Å². The first-order chi connectivity index (χ1) is 7.59. The molecule has 2 saturated heterocycles. The van der Waals surface area contributed by atoms with Crippen molar-refractivity contribution in [3.8, 4) is 0 Å². The van der Waals surface area contributed by atoms with E-state index in [2.05, 4.69) is 4.90 Å². The first-order valence-electron chi connectivity index (χ1n) is 5.53. The van der Waals surface area contributed by atoms with Crippen molar-refractivity contribution < 1.29 is 9.36 Å². The third kappa shape index (κ3) is 1.76. The van der Waals surface area contributed by atoms with E-state index in [-0.39, 0.29) is 14.5 Å². The molecule has 2 heterocycles. The van der Waals surface area contributed by atoms with Crippen LogP contribution in [0.4, 0.5) is 0 Å². The van der Waals surface area contributed by atoms with Gasteiger partial charge in [0.1, 0.15) is 0 Å². The number of carbonyl (C=O) groups excluding carboxylic acids is 1. The Morgan fingerprint density at radius 3 is 2.50 bits per heavy atom. The maximum atomic E-state index is 11.9. The van der Waals surface area contributed by atoms with Gasteiger partial charge < -0.3 is 5.73 Å². The summed E-state index contributed by atoms with van der Waals surface area (Å²) < 4.78 is 11.2. The summed E-state index contributed by atoms with van der Waals surface area (Å²) >= 11 is 0. The summed E-state index contributed by atoms with van der Waals surface area (Å²) in [5.74, 6) is 5.11. The van der Waals surface area contributed by atoms with Crippen molar-refractivity contribution in [3.05, 3.63) is 0 Å². The van der Waals surface area contributed by atoms with Gasteiger partial charge in [0.25, 0.3) is 5.91 Å². The summed E-state index contributed by atoms with van der Waals surface area (Å²) in [4.78, 5) is 14.1. The van der Waals surface area contributed by atoms with Crippen LogP contribution in [0.25, 0.3) is 0 Å². The molecule has 0 bridgehead atoms. The van der Waals surface area contributed by atoms with Gasteiger partial charge in [0.05, 0.1) is 0 Å². The van der Waals surface area contributed by atoms with Crippen molar-refractivity contribution in [2.45, 2.75) is 30.6 Å². The quantitative estimate of drug-likeness (QED) is 0.388. The van der Waals surface area contributed by atoms with Crippen LogP contribution >= 0.6 is 8.46 Å². The molecule has 0 saturated carbocycles. The highest BCUT2D eigenvalue weighted by Gasteiger charge is 2.51. The van der Waals surface area contributed by atoms with Crippen LogP contribution in [0.5, 0.6) is 0 Å². The van der Waals surface area contributed by atoms with Crippen molar-refractivity contribution in [2.75, 3.05) is 19.6 Å². The lowest BCUT2D eigenvalue weighted by Gasteiger charge is -2.43. The van der Waals surface area contributed by atoms with Gasteiger partial charge in [-0.15, -0.1) is 0 Å². The molecule has 2 fully saturated rings. The molecule has 0 aromatic heterocycles. The zero-order valence-electron chi connectivity index (χ0n) is 9.13. The van der Waals surface area contributed by atoms with Gasteiger partial charge in [0, 0.05) is 12.6 Å². The molecule has 0 radical (unpaired) electrons. The Balaban J connectivity index is 2.23. The number of hydrazine groups is 1. The van der Waals surface area contributed by atoms with Gasteiger partial charge in [-0.2, -0.15) is 0 Å². The lowest BCUT2D eigenvalue weighted by Crippen LogP contribution is -2.68. The number of amides is 1. The van der Waals surface area contributed by atoms with Gasteiger partial charge in [-0.3, -0.25) is 19.3 Å². The highest BCUT2D eigenvalue weighted by molar-refractivity contribution is 7.27. The van der Waals surface area contributed by atoms with Crippen molar-refractivity contribution in [1.82, 2.24) is 9.91 Å². The van der Waals surface area contributed by atoms with Crippen molar-refractivity contribution in [1.29, 1.82) is 0 Å². The molecule has 2 rings (SSSR count). The number of nitrogens with zero attached hydrogens (tertiary/aromatic N) is 2. The van der Waals surface area contributed by atoms with Crippen LogP contribution in [-0.4, -0.2) is 46.8 Å². The molecular weight excluding hydrogens is 227 g/mol. The molecule has 2 aliphatic rings. The molecule has 90 valence electrons. The van der Waals surface area contributed by atoms with Gasteiger partial charge in [0.2, 0.25) is 0 Å². The van der Waals surface area contributed by atoms with Gasteiger partial charge in [-0.25, -0.2) is 5.84 Å². The Hall–Kier alpha value is -0.550. The SMILES string of the molecule is NN1CCC(N2CCCC2)[C@](N)(P=O)C1=O. The number of likely N-dealkylation sites (tertiary alicyclic amines) is 1. The van der Waals surface area contributed by atoms with Crippen LogP contribution in [0.15, 0.2) is 0 Å². The monoisotopic (exact) mass is 244 g/mol. The number of carbonyl (C=O) groups is 1. The minimum absolute atomic E-state index is 0.151. The van der Waals surface area contributed by atoms with Gasteiger partial charge >= 0.3 is 0 Å². The van der Waals surface area contributed by atoms with E-state index in [9.17, 15) is 9.36 Å². The Morgan fingerprint density at radius 2 is 1.94 bits per heavy atom. The van der Waals surface area contributed by atoms with Crippen molar-refractivity contribution >= 4 is 14.4 Å². The third-order valence-electron chi connectivity index (χ3n) is 3.49. The molecule has 16 heavy (non-hydrogen) atoms. The Bertz CT molecular complexity index is 308. The molecular formula is C9H17N4O2P. The zero-order chi connectivity index (χ0) is 11.8. The number of hydrogen-bond acceptors (Lipinski definition) is 5. The molecule has 6 nitrogen and oxygen atoms in total. The summed E-state index contributed by atoms with van der Waals surface area (Å²) in [5.41, 5.74) is 5.98. The predicted molar refractivity (Wildman–Crippen MR) is 59.6 cm³/mol. The van der Waals surface area contributed by atoms with Crippen LogP contribution in [0.1, 0.15) is 19.3 Å². The molecule has 2 atom stereocenters. The van der Waals surface area contributed by atoms with E-state index in [1.165, 1.54) is 0 Å². The molecule has 4 N–H and O–H groups in total. The number of rotatable bonds is 2. The smallest absolute Gasteiger partial charge is 0.270 e. The second kappa shape index (κ2) is 4.37. The molecule has 1 amide bonds. The third-order valence-corrected chi connectivity index (χ3v) is 4.28. The molecule has 0 aromatic carbocycles. The maximum absolute atomic E-state index is 11.9. The van der Waals surface area contributed by atoms with Crippen molar-refractivity contribution in [2.24, 2.45) is 11.6 Å². The topological polar surface area (TPSA) is 92.7 Å². The van der Waals surface area contributed by atoms with Crippen LogP contribution in [-0.2, 0) is 9.36 Å². The van der Waals surface area contributed by atoms with E-state index in [4.69, 9.17) is 11.6 Å². The Kier molecular flexibility index (Phi) is 3.26. The summed E-state index contributed by atoms with van der Waals surface area (Å²) in [6.45, 7) is 2.34. The summed E-state index contributed by atoms with van der Waals surface area (Å²) in [6.07, 6.45) is 2.92. The highest BCUT2D eigenvalue weighted by Crippen LogP contribution is 2.34. The van der Waals surface area contributed by atoms with Crippen molar-refractivity contribution in [3.63, 3.8) is 0 Å². The fourth-order valence-electron chi connectivity index (χ4n) is 2.57. The van der Waals surface area contributed by atoms with E-state index >= 15 is 0 Å². The average molecular weight is 244 g/mol. The van der Waals surface area contributed by atoms with E-state index in [0.29, 0.717) is 13.0 Å². The van der Waals surface area contributed by atoms with E-state index in [1.54, 1.807) is 0 Å². The largest absolute Gasteiger partial charge is 0.306 e. The van der Waals surface area contributed by atoms with Crippen LogP contribution < -0.4 is 11.6 Å². The predicted octanol–water partition coefficient (Wildman–Crippen LogP) is -0.496. The summed E-state index contributed by atoms with van der Waals surface area (Å²) in [5, 5.41) is -0.283. The fourth-order valence-corrected chi connectivity index (χ4v) is 3.19. The zero-order valence-corrected chi connectivity index (χ0v) is 10.0. The normalized spacial score (nSPS) is 37.2. The molecule has 1 unspecified atom stereocenters. The first-order valence-corrected chi connectivity index (χ1v) is 6.35. The van der Waals surface area contributed by atoms with Gasteiger partial charge in [-0.1, -0.05) is 0 Å². The van der Waals surface area contributed by atoms with Gasteiger partial charge in [0.15, 0.2) is 13.7 Å². The minimum atomic E-state index is -1.36. The van der Waals surface area contributed by atoms with E-state index in [1.807, 2.05) is 0 Å². The summed E-state index contributed by atoms with van der Waals surface area (Å²) in [6, 6.07) is -0.151. The lowest BCUT2D eigenvalue weighted by molar-refractivity contribution is -0.139. The first kappa shape index (κ1) is 11.9. The Morgan fingerprint density at radius 1 is 1.31 bits per heavy atom. The highest BCUT2D eigenvalue weighted by atomic mass is 31.1. The van der Waals surface area contributed by atoms with Gasteiger partial charge in [-0.05, 0) is 32.4 Å². The maximum Gasteiger partial charge on any atom is 0.270 e. The second-order valence-electron chi connectivity index (χ2n) is 4.46. The Labute approximate surface area is 96.1 Å². The second-order valence-corrected chi connectivity index (χ2v) is 5.39. The van der Waals surface area contributed by atoms with E-state index < -0.39 is 11.2 Å². The lowest BCUT2D eigenvalue weighted by atomic mass is 9.98. The number of hydrogen-bond donors (Lipinski definition) is 2. The molecule has 0 aromatic rings. The minimum Gasteiger partial charge on any atom is -0.306 e. The van der Waals surface area contributed by atoms with Crippen LogP contribution in [0.3, 0.4) is 0 Å². The van der Waals surface area contributed by atoms with Crippen LogP contribution in [0.2, 0.25) is 0 Å². The van der Waals surface area contributed by atoms with E-state index in [0.717, 1.165) is 30.9 Å². The standard InChI is InChI=1S/C9H17N4O2P/c10-9(16-15)7(12-4-1-2-5-12)3-6-13(11)8(9)14/h7H,1-6,10-11H2/t7?,9-/m0/s1. The molecule has 0 spiro atoms. The number of piperidine rings is 1. The number of nitrogens with two attached hydrogens (primary N) is 2. The molecule has 2 aliphatic heterocycles. The fraction of sp³-hybridized carbons (Fsp3) is 0.889.